The first kappa shape index (κ1) is 12.4. The van der Waals surface area contributed by atoms with Crippen molar-refractivity contribution in [3.8, 4) is 0 Å². The van der Waals surface area contributed by atoms with Gasteiger partial charge >= 0.3 is 11.9 Å². The van der Waals surface area contributed by atoms with Crippen LogP contribution >= 0.6 is 0 Å². The summed E-state index contributed by atoms with van der Waals surface area (Å²) in [6, 6.07) is 0. The minimum absolute atomic E-state index is 0.0556. The van der Waals surface area contributed by atoms with Gasteiger partial charge < -0.3 is 10.2 Å². The molecule has 2 N–H and O–H groups in total. The van der Waals surface area contributed by atoms with Crippen molar-refractivity contribution in [3.05, 3.63) is 25.3 Å². The van der Waals surface area contributed by atoms with Gasteiger partial charge in [-0.05, 0) is 12.8 Å². The van der Waals surface area contributed by atoms with Gasteiger partial charge in [0.15, 0.2) is 0 Å². The summed E-state index contributed by atoms with van der Waals surface area (Å²) in [6.07, 6.45) is 4.47. The molecule has 1 fully saturated rings. The highest BCUT2D eigenvalue weighted by atomic mass is 16.4. The molecule has 0 unspecified atom stereocenters. The Kier molecular flexibility index (Phi) is 4.63. The maximum Gasteiger partial charge on any atom is 0.313 e. The molecule has 0 spiro atoms. The van der Waals surface area contributed by atoms with Gasteiger partial charge in [-0.25, -0.2) is 0 Å². The third-order valence-electron chi connectivity index (χ3n) is 1.92. The summed E-state index contributed by atoms with van der Waals surface area (Å²) in [5.74, 6) is -1.56. The van der Waals surface area contributed by atoms with Crippen molar-refractivity contribution in [2.75, 3.05) is 0 Å². The van der Waals surface area contributed by atoms with Gasteiger partial charge in [-0.3, -0.25) is 9.59 Å². The molecule has 0 radical (unpaired) electrons. The molecule has 0 aromatic rings. The first-order chi connectivity index (χ1) is 6.48. The first-order valence-corrected chi connectivity index (χ1v) is 4.18. The zero-order valence-corrected chi connectivity index (χ0v) is 7.90. The van der Waals surface area contributed by atoms with Crippen LogP contribution in [0.2, 0.25) is 0 Å². The quantitative estimate of drug-likeness (QED) is 0.674. The largest absolute Gasteiger partial charge is 0.481 e. The van der Waals surface area contributed by atoms with E-state index in [0.717, 1.165) is 12.8 Å². The highest BCUT2D eigenvalue weighted by molar-refractivity contribution is 5.80. The van der Waals surface area contributed by atoms with E-state index in [-0.39, 0.29) is 6.42 Å². The molecule has 4 nitrogen and oxygen atoms in total. The fourth-order valence-electron chi connectivity index (χ4n) is 0.763. The lowest BCUT2D eigenvalue weighted by Gasteiger charge is -1.97. The summed E-state index contributed by atoms with van der Waals surface area (Å²) in [5, 5.41) is 16.3. The van der Waals surface area contributed by atoms with Crippen LogP contribution in [0.4, 0.5) is 0 Å². The highest BCUT2D eigenvalue weighted by Crippen LogP contribution is 2.46. The maximum absolute atomic E-state index is 10.2. The molecule has 14 heavy (non-hydrogen) atoms. The van der Waals surface area contributed by atoms with Crippen molar-refractivity contribution in [2.24, 2.45) is 5.41 Å². The first-order valence-electron chi connectivity index (χ1n) is 4.18. The van der Waals surface area contributed by atoms with Crippen LogP contribution in [0.5, 0.6) is 0 Å². The molecule has 0 amide bonds. The van der Waals surface area contributed by atoms with E-state index in [2.05, 4.69) is 13.2 Å². The van der Waals surface area contributed by atoms with Gasteiger partial charge in [0.25, 0.3) is 0 Å². The second-order valence-corrected chi connectivity index (χ2v) is 3.05. The summed E-state index contributed by atoms with van der Waals surface area (Å²) < 4.78 is 0. The molecular weight excluding hydrogens is 184 g/mol. The SMILES string of the molecule is C=CC1(C(=O)O)CC1.C=CCC(=O)O. The molecule has 0 atom stereocenters. The Hall–Kier alpha value is -1.58. The number of carboxylic acid groups (broad SMARTS) is 2. The topological polar surface area (TPSA) is 74.6 Å². The number of carboxylic acids is 2. The summed E-state index contributed by atoms with van der Waals surface area (Å²) in [6.45, 7) is 6.66. The lowest BCUT2D eigenvalue weighted by Crippen LogP contribution is -2.10. The van der Waals surface area contributed by atoms with Crippen molar-refractivity contribution in [2.45, 2.75) is 19.3 Å². The van der Waals surface area contributed by atoms with Gasteiger partial charge in [0.2, 0.25) is 0 Å². The fourth-order valence-corrected chi connectivity index (χ4v) is 0.763. The van der Waals surface area contributed by atoms with Crippen LogP contribution in [0.3, 0.4) is 0 Å². The van der Waals surface area contributed by atoms with Crippen molar-refractivity contribution in [1.82, 2.24) is 0 Å². The van der Waals surface area contributed by atoms with Crippen LogP contribution in [0, 0.1) is 5.41 Å². The van der Waals surface area contributed by atoms with E-state index in [1.165, 1.54) is 12.2 Å². The third-order valence-corrected chi connectivity index (χ3v) is 1.92. The predicted octanol–water partition coefficient (Wildman–Crippen LogP) is 1.68. The van der Waals surface area contributed by atoms with Crippen LogP contribution < -0.4 is 0 Å². The minimum Gasteiger partial charge on any atom is -0.481 e. The molecule has 0 saturated heterocycles. The molecule has 0 aliphatic heterocycles. The zero-order chi connectivity index (χ0) is 11.2. The van der Waals surface area contributed by atoms with Crippen LogP contribution in [0.25, 0.3) is 0 Å². The van der Waals surface area contributed by atoms with Gasteiger partial charge in [-0.15, -0.1) is 13.2 Å². The summed E-state index contributed by atoms with van der Waals surface area (Å²) in [5.41, 5.74) is -0.528. The average Bonchev–Trinajstić information content (AvgIpc) is 2.84. The zero-order valence-electron chi connectivity index (χ0n) is 7.90. The average molecular weight is 198 g/mol. The van der Waals surface area contributed by atoms with Crippen molar-refractivity contribution in [1.29, 1.82) is 0 Å². The van der Waals surface area contributed by atoms with Crippen molar-refractivity contribution in [3.63, 3.8) is 0 Å². The number of aliphatic carboxylic acids is 2. The van der Waals surface area contributed by atoms with Crippen molar-refractivity contribution >= 4 is 11.9 Å². The van der Waals surface area contributed by atoms with Crippen molar-refractivity contribution < 1.29 is 19.8 Å². The molecule has 0 bridgehead atoms. The molecule has 78 valence electrons. The molecule has 0 aromatic heterocycles. The second-order valence-electron chi connectivity index (χ2n) is 3.05. The van der Waals surface area contributed by atoms with E-state index >= 15 is 0 Å². The molecule has 4 heteroatoms. The Morgan fingerprint density at radius 1 is 1.29 bits per heavy atom. The van der Waals surface area contributed by atoms with Gasteiger partial charge in [-0.2, -0.15) is 0 Å². The number of carbonyl (C=O) groups is 2. The summed E-state index contributed by atoms with van der Waals surface area (Å²) >= 11 is 0. The molecule has 1 saturated carbocycles. The monoisotopic (exact) mass is 198 g/mol. The molecule has 1 aliphatic carbocycles. The van der Waals surface area contributed by atoms with E-state index in [4.69, 9.17) is 10.2 Å². The summed E-state index contributed by atoms with van der Waals surface area (Å²) in [4.78, 5) is 19.8. The maximum atomic E-state index is 10.2. The molecule has 1 aliphatic rings. The van der Waals surface area contributed by atoms with E-state index < -0.39 is 17.4 Å². The normalized spacial score (nSPS) is 15.7. The number of hydrogen-bond acceptors (Lipinski definition) is 2. The Morgan fingerprint density at radius 3 is 1.79 bits per heavy atom. The van der Waals surface area contributed by atoms with E-state index in [0.29, 0.717) is 0 Å². The van der Waals surface area contributed by atoms with Crippen LogP contribution in [0.1, 0.15) is 19.3 Å². The van der Waals surface area contributed by atoms with Crippen LogP contribution in [-0.4, -0.2) is 22.2 Å². The summed E-state index contributed by atoms with van der Waals surface area (Å²) in [7, 11) is 0. The Labute approximate surface area is 82.6 Å². The number of hydrogen-bond donors (Lipinski definition) is 2. The van der Waals surface area contributed by atoms with Crippen LogP contribution in [0.15, 0.2) is 25.3 Å². The molecule has 1 rings (SSSR count). The lowest BCUT2D eigenvalue weighted by atomic mass is 10.1. The van der Waals surface area contributed by atoms with E-state index in [9.17, 15) is 9.59 Å². The van der Waals surface area contributed by atoms with E-state index in [1.807, 2.05) is 0 Å². The van der Waals surface area contributed by atoms with Gasteiger partial charge in [0, 0.05) is 0 Å². The Bertz CT molecular complexity index is 251. The minimum atomic E-state index is -0.829. The third kappa shape index (κ3) is 3.89. The Balaban J connectivity index is 0.000000255. The fraction of sp³-hybridized carbons (Fsp3) is 0.400. The van der Waals surface area contributed by atoms with Gasteiger partial charge in [0.1, 0.15) is 0 Å². The smallest absolute Gasteiger partial charge is 0.313 e. The molecule has 0 aromatic carbocycles. The van der Waals surface area contributed by atoms with E-state index in [1.54, 1.807) is 0 Å². The molecular formula is C10H14O4. The standard InChI is InChI=1S/C6H8O2.C4H6O2/c1-2-6(3-4-6)5(7)8;1-2-3-4(5)6/h2H,1,3-4H2,(H,7,8);2H,1,3H2,(H,5,6). The Morgan fingerprint density at radius 2 is 1.79 bits per heavy atom. The lowest BCUT2D eigenvalue weighted by molar-refractivity contribution is -0.141. The molecule has 0 heterocycles. The van der Waals surface area contributed by atoms with Crippen LogP contribution in [-0.2, 0) is 9.59 Å². The van der Waals surface area contributed by atoms with Gasteiger partial charge in [-0.1, -0.05) is 12.2 Å². The second kappa shape index (κ2) is 5.21. The highest BCUT2D eigenvalue weighted by Gasteiger charge is 2.47. The number of rotatable bonds is 4. The predicted molar refractivity (Wildman–Crippen MR) is 51.9 cm³/mol. The van der Waals surface area contributed by atoms with Gasteiger partial charge in [0.05, 0.1) is 11.8 Å².